The fraction of sp³-hybridized carbons (Fsp3) is 0.462. The molecule has 17 heavy (non-hydrogen) atoms. The van der Waals surface area contributed by atoms with E-state index < -0.39 is 0 Å². The van der Waals surface area contributed by atoms with Gasteiger partial charge in [0.05, 0.1) is 5.52 Å². The van der Waals surface area contributed by atoms with Crippen LogP contribution >= 0.6 is 11.6 Å². The van der Waals surface area contributed by atoms with Gasteiger partial charge in [-0.3, -0.25) is 5.10 Å². The number of nitrogens with two attached hydrogens (primary N) is 1. The number of halogens is 1. The molecule has 1 heterocycles. The number of rotatable bonds is 1. The van der Waals surface area contributed by atoms with Crippen LogP contribution in [0.2, 0.25) is 5.15 Å². The molecule has 90 valence electrons. The number of nitrogens with one attached hydrogen (secondary N) is 1. The third kappa shape index (κ3) is 1.74. The number of fused-ring (bicyclic) bond motifs is 1. The minimum atomic E-state index is -0.226. The lowest BCUT2D eigenvalue weighted by atomic mass is 9.77. The topological polar surface area (TPSA) is 54.7 Å². The van der Waals surface area contributed by atoms with E-state index in [1.807, 2.05) is 12.1 Å². The van der Waals surface area contributed by atoms with E-state index in [9.17, 15) is 0 Å². The number of benzene rings is 1. The van der Waals surface area contributed by atoms with Gasteiger partial charge in [-0.15, -0.1) is 0 Å². The minimum absolute atomic E-state index is 0.226. The second kappa shape index (κ2) is 4.00. The highest BCUT2D eigenvalue weighted by molar-refractivity contribution is 6.34. The van der Waals surface area contributed by atoms with Crippen LogP contribution in [0, 0.1) is 0 Å². The second-order valence-electron chi connectivity index (χ2n) is 4.96. The van der Waals surface area contributed by atoms with Gasteiger partial charge in [0.1, 0.15) is 5.15 Å². The van der Waals surface area contributed by atoms with E-state index >= 15 is 0 Å². The van der Waals surface area contributed by atoms with E-state index in [0.29, 0.717) is 5.15 Å². The number of aromatic nitrogens is 2. The highest BCUT2D eigenvalue weighted by Gasteiger charge is 2.31. The van der Waals surface area contributed by atoms with E-state index in [0.717, 1.165) is 29.3 Å². The summed E-state index contributed by atoms with van der Waals surface area (Å²) in [6, 6.07) is 6.09. The Labute approximate surface area is 105 Å². The van der Waals surface area contributed by atoms with E-state index in [4.69, 9.17) is 17.3 Å². The van der Waals surface area contributed by atoms with Gasteiger partial charge in [0.2, 0.25) is 0 Å². The van der Waals surface area contributed by atoms with Gasteiger partial charge in [-0.2, -0.15) is 5.10 Å². The first-order valence-corrected chi connectivity index (χ1v) is 6.50. The van der Waals surface area contributed by atoms with Crippen molar-refractivity contribution in [2.45, 2.75) is 37.6 Å². The number of H-pyrrole nitrogens is 1. The summed E-state index contributed by atoms with van der Waals surface area (Å²) in [5, 5.41) is 8.71. The molecule has 3 rings (SSSR count). The molecule has 4 heteroatoms. The molecule has 0 bridgehead atoms. The Bertz CT molecular complexity index is 541. The predicted octanol–water partition coefficient (Wildman–Crippen LogP) is 3.33. The molecule has 0 unspecified atom stereocenters. The Morgan fingerprint density at radius 3 is 2.76 bits per heavy atom. The van der Waals surface area contributed by atoms with Gasteiger partial charge in [-0.05, 0) is 18.9 Å². The Hall–Kier alpha value is -1.06. The predicted molar refractivity (Wildman–Crippen MR) is 70.1 cm³/mol. The summed E-state index contributed by atoms with van der Waals surface area (Å²) in [6.45, 7) is 0. The standard InChI is InChI=1S/C13H16ClN3/c14-12-9-5-4-6-10(11(9)16-17-12)13(15)7-2-1-3-8-13/h4-6H,1-3,7-8,15H2,(H,16,17). The van der Waals surface area contributed by atoms with Crippen molar-refractivity contribution in [3.63, 3.8) is 0 Å². The highest BCUT2D eigenvalue weighted by Crippen LogP contribution is 2.38. The summed E-state index contributed by atoms with van der Waals surface area (Å²) in [5.74, 6) is 0. The van der Waals surface area contributed by atoms with Crippen molar-refractivity contribution in [2.75, 3.05) is 0 Å². The molecule has 1 aromatic carbocycles. The normalized spacial score (nSPS) is 19.6. The van der Waals surface area contributed by atoms with Gasteiger partial charge >= 0.3 is 0 Å². The zero-order valence-corrected chi connectivity index (χ0v) is 10.4. The minimum Gasteiger partial charge on any atom is -0.321 e. The van der Waals surface area contributed by atoms with Gasteiger partial charge in [0.25, 0.3) is 0 Å². The van der Waals surface area contributed by atoms with Crippen molar-refractivity contribution in [3.05, 3.63) is 28.9 Å². The molecule has 2 aromatic rings. The maximum absolute atomic E-state index is 6.56. The van der Waals surface area contributed by atoms with Crippen LogP contribution in [0.25, 0.3) is 10.9 Å². The van der Waals surface area contributed by atoms with Crippen LogP contribution in [0.3, 0.4) is 0 Å². The molecule has 1 saturated carbocycles. The molecule has 0 radical (unpaired) electrons. The van der Waals surface area contributed by atoms with Crippen LogP contribution in [0.1, 0.15) is 37.7 Å². The molecule has 0 spiro atoms. The summed E-state index contributed by atoms with van der Waals surface area (Å²) >= 11 is 6.07. The summed E-state index contributed by atoms with van der Waals surface area (Å²) in [7, 11) is 0. The van der Waals surface area contributed by atoms with E-state index in [2.05, 4.69) is 16.3 Å². The van der Waals surface area contributed by atoms with E-state index in [1.54, 1.807) is 0 Å². The average Bonchev–Trinajstić information content (AvgIpc) is 2.72. The van der Waals surface area contributed by atoms with Gasteiger partial charge in [-0.25, -0.2) is 0 Å². The van der Waals surface area contributed by atoms with Crippen LogP contribution in [0.15, 0.2) is 18.2 Å². The maximum Gasteiger partial charge on any atom is 0.132 e. The lowest BCUT2D eigenvalue weighted by molar-refractivity contribution is 0.304. The summed E-state index contributed by atoms with van der Waals surface area (Å²) in [4.78, 5) is 0. The Balaban J connectivity index is 2.16. The lowest BCUT2D eigenvalue weighted by Gasteiger charge is -2.34. The van der Waals surface area contributed by atoms with Crippen molar-refractivity contribution in [3.8, 4) is 0 Å². The largest absolute Gasteiger partial charge is 0.321 e. The Morgan fingerprint density at radius 2 is 2.00 bits per heavy atom. The first kappa shape index (κ1) is 11.1. The number of hydrogen-bond acceptors (Lipinski definition) is 2. The van der Waals surface area contributed by atoms with Crippen molar-refractivity contribution < 1.29 is 0 Å². The van der Waals surface area contributed by atoms with Crippen LogP contribution < -0.4 is 5.73 Å². The third-order valence-electron chi connectivity index (χ3n) is 3.82. The molecule has 1 fully saturated rings. The molecule has 1 aliphatic carbocycles. The number of nitrogens with zero attached hydrogens (tertiary/aromatic N) is 1. The SMILES string of the molecule is NC1(c2cccc3c(Cl)[nH]nc23)CCCCC1. The molecule has 0 atom stereocenters. The summed E-state index contributed by atoms with van der Waals surface area (Å²) in [5.41, 5.74) is 8.40. The Kier molecular flexibility index (Phi) is 2.60. The fourth-order valence-electron chi connectivity index (χ4n) is 2.86. The van der Waals surface area contributed by atoms with Gasteiger partial charge < -0.3 is 5.73 Å². The quantitative estimate of drug-likeness (QED) is 0.815. The second-order valence-corrected chi connectivity index (χ2v) is 5.33. The maximum atomic E-state index is 6.56. The third-order valence-corrected chi connectivity index (χ3v) is 4.11. The zero-order valence-electron chi connectivity index (χ0n) is 9.67. The first-order chi connectivity index (χ1) is 8.21. The van der Waals surface area contributed by atoms with Gasteiger partial charge in [0, 0.05) is 16.5 Å². The molecule has 0 amide bonds. The smallest absolute Gasteiger partial charge is 0.132 e. The van der Waals surface area contributed by atoms with Crippen molar-refractivity contribution in [1.29, 1.82) is 0 Å². The van der Waals surface area contributed by atoms with Crippen molar-refractivity contribution >= 4 is 22.5 Å². The highest BCUT2D eigenvalue weighted by atomic mass is 35.5. The van der Waals surface area contributed by atoms with Crippen LogP contribution in [0.4, 0.5) is 0 Å². The summed E-state index contributed by atoms with van der Waals surface area (Å²) in [6.07, 6.45) is 5.76. The lowest BCUT2D eigenvalue weighted by Crippen LogP contribution is -2.38. The van der Waals surface area contributed by atoms with Crippen molar-refractivity contribution in [2.24, 2.45) is 5.73 Å². The van der Waals surface area contributed by atoms with Gasteiger partial charge in [-0.1, -0.05) is 43.0 Å². The van der Waals surface area contributed by atoms with E-state index in [-0.39, 0.29) is 5.54 Å². The molecule has 3 N–H and O–H groups in total. The van der Waals surface area contributed by atoms with Crippen LogP contribution in [-0.2, 0) is 5.54 Å². The molecule has 1 aliphatic rings. The number of para-hydroxylation sites is 1. The van der Waals surface area contributed by atoms with E-state index in [1.165, 1.54) is 19.3 Å². The zero-order chi connectivity index (χ0) is 11.9. The number of aromatic amines is 1. The number of hydrogen-bond donors (Lipinski definition) is 2. The first-order valence-electron chi connectivity index (χ1n) is 6.13. The molecule has 3 nitrogen and oxygen atoms in total. The molecule has 0 aliphatic heterocycles. The molecular weight excluding hydrogens is 234 g/mol. The van der Waals surface area contributed by atoms with Crippen molar-refractivity contribution in [1.82, 2.24) is 10.2 Å². The Morgan fingerprint density at radius 1 is 1.24 bits per heavy atom. The summed E-state index contributed by atoms with van der Waals surface area (Å²) < 4.78 is 0. The molecular formula is C13H16ClN3. The molecule has 1 aromatic heterocycles. The molecule has 0 saturated heterocycles. The van der Waals surface area contributed by atoms with Gasteiger partial charge in [0.15, 0.2) is 0 Å². The monoisotopic (exact) mass is 249 g/mol. The van der Waals surface area contributed by atoms with Crippen LogP contribution in [0.5, 0.6) is 0 Å². The van der Waals surface area contributed by atoms with Crippen LogP contribution in [-0.4, -0.2) is 10.2 Å². The fourth-order valence-corrected chi connectivity index (χ4v) is 3.05. The average molecular weight is 250 g/mol.